The van der Waals surface area contributed by atoms with E-state index in [-0.39, 0.29) is 11.6 Å². The fourth-order valence-corrected chi connectivity index (χ4v) is 2.36. The number of nitro groups is 1. The lowest BCUT2D eigenvalue weighted by molar-refractivity contribution is -0.384. The summed E-state index contributed by atoms with van der Waals surface area (Å²) in [5.74, 6) is 0.292. The summed E-state index contributed by atoms with van der Waals surface area (Å²) in [6.07, 6.45) is 0.741. The van der Waals surface area contributed by atoms with Crippen molar-refractivity contribution in [3.63, 3.8) is 0 Å². The zero-order valence-corrected chi connectivity index (χ0v) is 14.6. The molecule has 0 heterocycles. The van der Waals surface area contributed by atoms with Crippen LogP contribution in [0.5, 0.6) is 5.75 Å². The smallest absolute Gasteiger partial charge is 0.271 e. The number of benzene rings is 2. The molecule has 2 aromatic carbocycles. The van der Waals surface area contributed by atoms with Gasteiger partial charge in [-0.25, -0.2) is 0 Å². The number of ether oxygens (including phenoxy) is 1. The van der Waals surface area contributed by atoms with Crippen LogP contribution >= 0.6 is 0 Å². The van der Waals surface area contributed by atoms with Crippen molar-refractivity contribution in [3.05, 3.63) is 63.7 Å². The summed E-state index contributed by atoms with van der Waals surface area (Å²) in [4.78, 5) is 22.9. The summed E-state index contributed by atoms with van der Waals surface area (Å²) >= 11 is 0. The van der Waals surface area contributed by atoms with Gasteiger partial charge in [-0.05, 0) is 43.0 Å². The molecule has 132 valence electrons. The van der Waals surface area contributed by atoms with E-state index >= 15 is 0 Å². The quantitative estimate of drug-likeness (QED) is 0.602. The average molecular weight is 342 g/mol. The van der Waals surface area contributed by atoms with E-state index in [1.54, 1.807) is 13.0 Å². The zero-order valence-electron chi connectivity index (χ0n) is 14.6. The van der Waals surface area contributed by atoms with Gasteiger partial charge in [-0.2, -0.15) is 0 Å². The van der Waals surface area contributed by atoms with E-state index in [0.717, 1.165) is 12.0 Å². The number of nitro benzene ring substituents is 1. The predicted octanol–water partition coefficient (Wildman–Crippen LogP) is 4.26. The van der Waals surface area contributed by atoms with Crippen LogP contribution in [0.25, 0.3) is 0 Å². The Morgan fingerprint density at radius 2 is 1.88 bits per heavy atom. The number of anilines is 1. The van der Waals surface area contributed by atoms with Crippen LogP contribution in [-0.4, -0.2) is 16.9 Å². The largest absolute Gasteiger partial charge is 0.481 e. The van der Waals surface area contributed by atoms with Gasteiger partial charge in [0.1, 0.15) is 5.75 Å². The number of carbonyl (C=O) groups is 1. The summed E-state index contributed by atoms with van der Waals surface area (Å²) in [5.41, 5.74) is 2.30. The number of carbonyl (C=O) groups excluding carboxylic acids is 1. The Hall–Kier alpha value is -2.89. The molecule has 6 heteroatoms. The molecule has 0 aliphatic rings. The van der Waals surface area contributed by atoms with Gasteiger partial charge in [0.25, 0.3) is 11.6 Å². The van der Waals surface area contributed by atoms with E-state index < -0.39 is 11.0 Å². The minimum atomic E-state index is -0.675. The van der Waals surface area contributed by atoms with Crippen molar-refractivity contribution in [2.75, 3.05) is 5.32 Å². The molecular weight excluding hydrogens is 320 g/mol. The summed E-state index contributed by atoms with van der Waals surface area (Å²) in [6, 6.07) is 12.0. The second kappa shape index (κ2) is 8.28. The van der Waals surface area contributed by atoms with Crippen LogP contribution in [-0.2, 0) is 11.2 Å². The zero-order chi connectivity index (χ0) is 18.4. The van der Waals surface area contributed by atoms with Gasteiger partial charge in [-0.15, -0.1) is 0 Å². The molecule has 1 atom stereocenters. The fourth-order valence-electron chi connectivity index (χ4n) is 2.36. The van der Waals surface area contributed by atoms with E-state index in [9.17, 15) is 14.9 Å². The van der Waals surface area contributed by atoms with Crippen molar-refractivity contribution in [3.8, 4) is 5.75 Å². The summed E-state index contributed by atoms with van der Waals surface area (Å²) in [5, 5.41) is 13.6. The molecule has 1 N–H and O–H groups in total. The first-order valence-electron chi connectivity index (χ1n) is 8.26. The van der Waals surface area contributed by atoms with Gasteiger partial charge in [-0.1, -0.05) is 32.0 Å². The molecule has 0 fully saturated rings. The lowest BCUT2D eigenvalue weighted by Crippen LogP contribution is -2.32. The van der Waals surface area contributed by atoms with Gasteiger partial charge in [0, 0.05) is 12.1 Å². The van der Waals surface area contributed by atoms with Crippen LogP contribution in [0.3, 0.4) is 0 Å². The molecule has 0 saturated heterocycles. The van der Waals surface area contributed by atoms with E-state index in [2.05, 4.69) is 12.2 Å². The third-order valence-electron chi connectivity index (χ3n) is 3.96. The highest BCUT2D eigenvalue weighted by atomic mass is 16.6. The van der Waals surface area contributed by atoms with Crippen LogP contribution in [0.15, 0.2) is 42.5 Å². The van der Waals surface area contributed by atoms with Crippen LogP contribution in [0.2, 0.25) is 0 Å². The lowest BCUT2D eigenvalue weighted by atomic mass is 10.1. The molecule has 0 saturated carbocycles. The number of rotatable bonds is 7. The molecule has 1 unspecified atom stereocenters. The van der Waals surface area contributed by atoms with Crippen molar-refractivity contribution in [1.82, 2.24) is 0 Å². The molecule has 0 bridgehead atoms. The fraction of sp³-hybridized carbons (Fsp3) is 0.316. The number of amides is 1. The van der Waals surface area contributed by atoms with Crippen LogP contribution < -0.4 is 10.1 Å². The molecule has 0 aromatic heterocycles. The maximum atomic E-state index is 12.5. The third-order valence-corrected chi connectivity index (χ3v) is 3.96. The summed E-state index contributed by atoms with van der Waals surface area (Å²) in [7, 11) is 0. The molecule has 1 amide bonds. The molecule has 0 radical (unpaired) electrons. The van der Waals surface area contributed by atoms with Gasteiger partial charge < -0.3 is 10.1 Å². The van der Waals surface area contributed by atoms with E-state index in [0.29, 0.717) is 17.9 Å². The van der Waals surface area contributed by atoms with Crippen molar-refractivity contribution in [1.29, 1.82) is 0 Å². The molecule has 2 aromatic rings. The monoisotopic (exact) mass is 342 g/mol. The number of hydrogen-bond acceptors (Lipinski definition) is 4. The van der Waals surface area contributed by atoms with Crippen molar-refractivity contribution >= 4 is 17.3 Å². The normalized spacial score (nSPS) is 11.6. The number of nitrogens with zero attached hydrogens (tertiary/aromatic N) is 1. The molecular formula is C19H22N2O4. The molecule has 25 heavy (non-hydrogen) atoms. The average Bonchev–Trinajstić information content (AvgIpc) is 2.61. The summed E-state index contributed by atoms with van der Waals surface area (Å²) in [6.45, 7) is 5.70. The first-order chi connectivity index (χ1) is 11.9. The number of hydrogen-bond donors (Lipinski definition) is 1. The Labute approximate surface area is 147 Å². The molecule has 6 nitrogen and oxygen atoms in total. The minimum Gasteiger partial charge on any atom is -0.481 e. The lowest BCUT2D eigenvalue weighted by Gasteiger charge is -2.18. The number of non-ortho nitro benzene ring substituents is 1. The first-order valence-corrected chi connectivity index (χ1v) is 8.26. The Morgan fingerprint density at radius 1 is 1.20 bits per heavy atom. The maximum absolute atomic E-state index is 12.5. The number of nitrogens with one attached hydrogen (secondary N) is 1. The third kappa shape index (κ3) is 4.79. The Balaban J connectivity index is 2.11. The second-order valence-corrected chi connectivity index (χ2v) is 5.76. The van der Waals surface area contributed by atoms with E-state index in [4.69, 9.17) is 4.74 Å². The highest BCUT2D eigenvalue weighted by molar-refractivity contribution is 5.95. The topological polar surface area (TPSA) is 81.5 Å². The second-order valence-electron chi connectivity index (χ2n) is 5.76. The highest BCUT2D eigenvalue weighted by Crippen LogP contribution is 2.23. The highest BCUT2D eigenvalue weighted by Gasteiger charge is 2.20. The standard InChI is InChI=1S/C19H22N2O4/c1-4-14-7-10-16(11-8-14)25-18(5-2)19(22)20-17-12-15(21(23)24)9-6-13(17)3/h6-12,18H,4-5H2,1-3H3,(H,20,22). The van der Waals surface area contributed by atoms with Crippen molar-refractivity contribution in [2.45, 2.75) is 39.7 Å². The number of aryl methyl sites for hydroxylation is 2. The molecule has 0 aliphatic heterocycles. The maximum Gasteiger partial charge on any atom is 0.271 e. The predicted molar refractivity (Wildman–Crippen MR) is 97.0 cm³/mol. The van der Waals surface area contributed by atoms with Gasteiger partial charge in [0.15, 0.2) is 6.10 Å². The minimum absolute atomic E-state index is 0.0648. The van der Waals surface area contributed by atoms with Crippen molar-refractivity contribution < 1.29 is 14.5 Å². The van der Waals surface area contributed by atoms with Crippen LogP contribution in [0.4, 0.5) is 11.4 Å². The van der Waals surface area contributed by atoms with Gasteiger partial charge >= 0.3 is 0 Å². The summed E-state index contributed by atoms with van der Waals surface area (Å²) < 4.78 is 5.77. The van der Waals surface area contributed by atoms with Crippen LogP contribution in [0.1, 0.15) is 31.4 Å². The Kier molecular flexibility index (Phi) is 6.11. The Bertz CT molecular complexity index is 757. The van der Waals surface area contributed by atoms with Gasteiger partial charge in [0.2, 0.25) is 0 Å². The molecule has 2 rings (SSSR count). The SMILES string of the molecule is CCc1ccc(OC(CC)C(=O)Nc2cc([N+](=O)[O-])ccc2C)cc1. The van der Waals surface area contributed by atoms with Crippen molar-refractivity contribution in [2.24, 2.45) is 0 Å². The first kappa shape index (κ1) is 18.4. The Morgan fingerprint density at radius 3 is 2.44 bits per heavy atom. The van der Waals surface area contributed by atoms with E-state index in [1.807, 2.05) is 31.2 Å². The van der Waals surface area contributed by atoms with Gasteiger partial charge in [-0.3, -0.25) is 14.9 Å². The van der Waals surface area contributed by atoms with Crippen LogP contribution in [0, 0.1) is 17.0 Å². The molecule has 0 aliphatic carbocycles. The van der Waals surface area contributed by atoms with Gasteiger partial charge in [0.05, 0.1) is 10.6 Å². The van der Waals surface area contributed by atoms with E-state index in [1.165, 1.54) is 17.7 Å². The molecule has 0 spiro atoms.